The molecule has 1 fully saturated rings. The highest BCUT2D eigenvalue weighted by Gasteiger charge is 2.34. The molecule has 1 heterocycles. The highest BCUT2D eigenvalue weighted by molar-refractivity contribution is 5.42. The molecule has 0 aromatic carbocycles. The molecule has 0 unspecified atom stereocenters. The van der Waals surface area contributed by atoms with Crippen LogP contribution in [0, 0.1) is 0 Å². The molecule has 0 radical (unpaired) electrons. The van der Waals surface area contributed by atoms with Crippen molar-refractivity contribution in [1.82, 2.24) is 15.4 Å². The van der Waals surface area contributed by atoms with Crippen molar-refractivity contribution >= 4 is 11.8 Å². The average Bonchev–Trinajstić information content (AvgIpc) is 2.41. The Hall–Kier alpha value is -1.54. The highest BCUT2D eigenvalue weighted by Crippen LogP contribution is 2.34. The fraction of sp³-hybridized carbons (Fsp3) is 0.667. The zero-order valence-electron chi connectivity index (χ0n) is 11.3. The molecule has 1 aliphatic carbocycles. The molecule has 1 saturated carbocycles. The number of hydrogen-bond acceptors (Lipinski definition) is 6. The minimum Gasteiger partial charge on any atom is -0.390 e. The van der Waals surface area contributed by atoms with E-state index in [1.54, 1.807) is 13.1 Å². The maximum Gasteiger partial charge on any atom is 0.248 e. The van der Waals surface area contributed by atoms with Crippen LogP contribution in [-0.2, 0) is 6.61 Å². The number of alkyl halides is 2. The van der Waals surface area contributed by atoms with Gasteiger partial charge in [0.2, 0.25) is 11.9 Å². The summed E-state index contributed by atoms with van der Waals surface area (Å²) >= 11 is 0. The van der Waals surface area contributed by atoms with Crippen LogP contribution in [0.5, 0.6) is 0 Å². The van der Waals surface area contributed by atoms with E-state index in [1.165, 1.54) is 0 Å². The van der Waals surface area contributed by atoms with Crippen LogP contribution in [-0.4, -0.2) is 34.1 Å². The van der Waals surface area contributed by atoms with E-state index in [9.17, 15) is 8.78 Å². The molecule has 6 nitrogen and oxygen atoms in total. The van der Waals surface area contributed by atoms with Crippen molar-refractivity contribution in [2.75, 3.05) is 17.8 Å². The third-order valence-corrected chi connectivity index (χ3v) is 3.25. The molecule has 1 aromatic rings. The Morgan fingerprint density at radius 3 is 2.65 bits per heavy atom. The molecule has 4 N–H and O–H groups in total. The molecule has 0 atom stereocenters. The molecule has 2 rings (SSSR count). The van der Waals surface area contributed by atoms with E-state index in [0.717, 1.165) is 0 Å². The van der Waals surface area contributed by atoms with Crippen LogP contribution in [0.3, 0.4) is 0 Å². The first kappa shape index (κ1) is 14.9. The van der Waals surface area contributed by atoms with Crippen LogP contribution >= 0.6 is 0 Å². The maximum absolute atomic E-state index is 13.1. The predicted octanol–water partition coefficient (Wildman–Crippen LogP) is 1.50. The second-order valence-electron chi connectivity index (χ2n) is 4.88. The lowest BCUT2D eigenvalue weighted by atomic mass is 9.92. The Kier molecular flexibility index (Phi) is 4.66. The molecule has 0 aliphatic heterocycles. The summed E-state index contributed by atoms with van der Waals surface area (Å²) in [6.07, 6.45) is 0.592. The molecule has 1 aliphatic rings. The number of halogens is 2. The summed E-state index contributed by atoms with van der Waals surface area (Å²) in [7, 11) is 1.67. The van der Waals surface area contributed by atoms with Crippen molar-refractivity contribution in [1.29, 1.82) is 0 Å². The van der Waals surface area contributed by atoms with Crippen LogP contribution in [0.1, 0.15) is 31.4 Å². The van der Waals surface area contributed by atoms with E-state index >= 15 is 0 Å². The van der Waals surface area contributed by atoms with Gasteiger partial charge in [-0.2, -0.15) is 4.98 Å². The Labute approximate surface area is 116 Å². The average molecular weight is 287 g/mol. The van der Waals surface area contributed by atoms with Crippen molar-refractivity contribution in [3.8, 4) is 0 Å². The number of hydrazine groups is 1. The highest BCUT2D eigenvalue weighted by atomic mass is 19.3. The maximum atomic E-state index is 13.1. The zero-order valence-corrected chi connectivity index (χ0v) is 11.3. The SMILES string of the molecule is CNNc1nc(CO)cc(NC2CCC(F)(F)CC2)n1. The summed E-state index contributed by atoms with van der Waals surface area (Å²) in [5.74, 6) is -1.70. The monoisotopic (exact) mass is 287 g/mol. The summed E-state index contributed by atoms with van der Waals surface area (Å²) in [6, 6.07) is 1.59. The topological polar surface area (TPSA) is 82.1 Å². The molecule has 20 heavy (non-hydrogen) atoms. The standard InChI is InChI=1S/C12H19F2N5O/c1-15-19-11-17-9(7-20)6-10(18-11)16-8-2-4-12(13,14)5-3-8/h6,8,15,20H,2-5,7H2,1H3,(H2,16,17,18,19). The molecular weight excluding hydrogens is 268 g/mol. The van der Waals surface area contributed by atoms with Gasteiger partial charge in [-0.3, -0.25) is 5.43 Å². The summed E-state index contributed by atoms with van der Waals surface area (Å²) in [5, 5.41) is 12.3. The van der Waals surface area contributed by atoms with Crippen molar-refractivity contribution in [3.63, 3.8) is 0 Å². The third kappa shape index (κ3) is 3.97. The van der Waals surface area contributed by atoms with Gasteiger partial charge in [0.25, 0.3) is 0 Å². The number of nitrogens with one attached hydrogen (secondary N) is 3. The van der Waals surface area contributed by atoms with Gasteiger partial charge >= 0.3 is 0 Å². The Balaban J connectivity index is 2.03. The summed E-state index contributed by atoms with van der Waals surface area (Å²) < 4.78 is 26.2. The van der Waals surface area contributed by atoms with Gasteiger partial charge < -0.3 is 10.4 Å². The van der Waals surface area contributed by atoms with E-state index in [1.807, 2.05) is 0 Å². The summed E-state index contributed by atoms with van der Waals surface area (Å²) in [5.41, 5.74) is 5.88. The Morgan fingerprint density at radius 2 is 2.05 bits per heavy atom. The number of aliphatic hydroxyl groups is 1. The molecule has 0 saturated heterocycles. The van der Waals surface area contributed by atoms with E-state index in [-0.39, 0.29) is 25.5 Å². The summed E-state index contributed by atoms with van der Waals surface area (Å²) in [6.45, 7) is -0.210. The molecular formula is C12H19F2N5O. The largest absolute Gasteiger partial charge is 0.390 e. The second-order valence-corrected chi connectivity index (χ2v) is 4.88. The Bertz CT molecular complexity index is 447. The van der Waals surface area contributed by atoms with Gasteiger partial charge in [-0.25, -0.2) is 19.2 Å². The lowest BCUT2D eigenvalue weighted by Crippen LogP contribution is -2.32. The lowest BCUT2D eigenvalue weighted by molar-refractivity contribution is -0.0361. The van der Waals surface area contributed by atoms with Gasteiger partial charge in [-0.1, -0.05) is 0 Å². The zero-order chi connectivity index (χ0) is 14.6. The van der Waals surface area contributed by atoms with E-state index in [4.69, 9.17) is 5.11 Å². The van der Waals surface area contributed by atoms with Gasteiger partial charge in [0.05, 0.1) is 12.3 Å². The van der Waals surface area contributed by atoms with Gasteiger partial charge in [-0.15, -0.1) is 0 Å². The quantitative estimate of drug-likeness (QED) is 0.615. The predicted molar refractivity (Wildman–Crippen MR) is 71.5 cm³/mol. The molecule has 112 valence electrons. The van der Waals surface area contributed by atoms with Crippen molar-refractivity contribution in [2.45, 2.75) is 44.3 Å². The lowest BCUT2D eigenvalue weighted by Gasteiger charge is -2.29. The molecule has 1 aromatic heterocycles. The van der Waals surface area contributed by atoms with Gasteiger partial charge in [0, 0.05) is 32.0 Å². The van der Waals surface area contributed by atoms with Crippen LogP contribution < -0.4 is 16.2 Å². The normalized spacial score (nSPS) is 18.8. The number of aromatic nitrogens is 2. The van der Waals surface area contributed by atoms with E-state index in [2.05, 4.69) is 26.1 Å². The van der Waals surface area contributed by atoms with Crippen LogP contribution in [0.4, 0.5) is 20.5 Å². The first-order valence-electron chi connectivity index (χ1n) is 6.58. The second kappa shape index (κ2) is 6.27. The fourth-order valence-electron chi connectivity index (χ4n) is 2.21. The van der Waals surface area contributed by atoms with Crippen LogP contribution in [0.2, 0.25) is 0 Å². The molecule has 8 heteroatoms. The van der Waals surface area contributed by atoms with Gasteiger partial charge in [-0.05, 0) is 12.8 Å². The smallest absolute Gasteiger partial charge is 0.248 e. The number of anilines is 2. The van der Waals surface area contributed by atoms with Gasteiger partial charge in [0.15, 0.2) is 0 Å². The third-order valence-electron chi connectivity index (χ3n) is 3.25. The first-order valence-corrected chi connectivity index (χ1v) is 6.58. The molecule has 0 amide bonds. The number of hydrogen-bond donors (Lipinski definition) is 4. The number of nitrogens with zero attached hydrogens (tertiary/aromatic N) is 2. The summed E-state index contributed by atoms with van der Waals surface area (Å²) in [4.78, 5) is 8.27. The molecule has 0 bridgehead atoms. The first-order chi connectivity index (χ1) is 9.52. The fourth-order valence-corrected chi connectivity index (χ4v) is 2.21. The number of aliphatic hydroxyl groups excluding tert-OH is 1. The van der Waals surface area contributed by atoms with Crippen molar-refractivity contribution < 1.29 is 13.9 Å². The van der Waals surface area contributed by atoms with Gasteiger partial charge in [0.1, 0.15) is 5.82 Å². The van der Waals surface area contributed by atoms with Crippen molar-refractivity contribution in [2.24, 2.45) is 0 Å². The number of rotatable bonds is 5. The minimum absolute atomic E-state index is 0.0292. The van der Waals surface area contributed by atoms with E-state index in [0.29, 0.717) is 30.3 Å². The van der Waals surface area contributed by atoms with Crippen LogP contribution in [0.25, 0.3) is 0 Å². The van der Waals surface area contributed by atoms with E-state index < -0.39 is 5.92 Å². The van der Waals surface area contributed by atoms with Crippen LogP contribution in [0.15, 0.2) is 6.07 Å². The minimum atomic E-state index is -2.54. The van der Waals surface area contributed by atoms with Crippen molar-refractivity contribution in [3.05, 3.63) is 11.8 Å². The Morgan fingerprint density at radius 1 is 1.35 bits per heavy atom. The molecule has 0 spiro atoms.